The monoisotopic (exact) mass is 282 g/mol. The summed E-state index contributed by atoms with van der Waals surface area (Å²) in [7, 11) is 0. The zero-order valence-electron chi connectivity index (χ0n) is 10.4. The second-order valence-electron chi connectivity index (χ2n) is 4.27. The van der Waals surface area contributed by atoms with Crippen LogP contribution in [0.15, 0.2) is 30.3 Å². The van der Waals surface area contributed by atoms with Crippen molar-refractivity contribution in [2.45, 2.75) is 6.61 Å². The molecule has 5 nitrogen and oxygen atoms in total. The molecule has 0 bridgehead atoms. The summed E-state index contributed by atoms with van der Waals surface area (Å²) < 4.78 is 5.21. The van der Waals surface area contributed by atoms with Gasteiger partial charge >= 0.3 is 11.5 Å². The second-order valence-corrected chi connectivity index (χ2v) is 4.59. The first kappa shape index (κ1) is 13.7. The molecule has 1 aliphatic heterocycles. The highest BCUT2D eigenvalue weighted by molar-refractivity contribution is 6.62. The number of amides is 2. The second kappa shape index (κ2) is 6.43. The minimum atomic E-state index is -0.475. The van der Waals surface area contributed by atoms with E-state index in [2.05, 4.69) is 0 Å². The van der Waals surface area contributed by atoms with Gasteiger partial charge in [-0.3, -0.25) is 4.79 Å². The number of rotatable bonds is 2. The van der Waals surface area contributed by atoms with E-state index < -0.39 is 5.37 Å². The van der Waals surface area contributed by atoms with Crippen LogP contribution in [0.5, 0.6) is 0 Å². The average molecular weight is 283 g/mol. The van der Waals surface area contributed by atoms with Crippen molar-refractivity contribution in [1.29, 1.82) is 0 Å². The van der Waals surface area contributed by atoms with Crippen molar-refractivity contribution >= 4 is 23.1 Å². The molecule has 2 amide bonds. The number of benzene rings is 1. The standard InChI is InChI=1S/C13H15ClN2O3/c14-12(17)15-6-8-16(9-7-15)13(18)19-10-11-4-2-1-3-5-11/h1-5H,6-10H2. The summed E-state index contributed by atoms with van der Waals surface area (Å²) >= 11 is 5.38. The Bertz CT molecular complexity index is 444. The molecule has 0 unspecified atom stereocenters. The molecule has 0 atom stereocenters. The molecule has 1 aromatic rings. The van der Waals surface area contributed by atoms with Crippen LogP contribution in [-0.4, -0.2) is 47.4 Å². The maximum Gasteiger partial charge on any atom is 0.410 e. The number of ether oxygens (including phenoxy) is 1. The highest BCUT2D eigenvalue weighted by atomic mass is 35.5. The average Bonchev–Trinajstić information content (AvgIpc) is 2.46. The van der Waals surface area contributed by atoms with E-state index in [1.807, 2.05) is 30.3 Å². The normalized spacial score (nSPS) is 15.2. The fourth-order valence-electron chi connectivity index (χ4n) is 1.88. The molecule has 0 aromatic heterocycles. The van der Waals surface area contributed by atoms with Crippen molar-refractivity contribution < 1.29 is 14.3 Å². The van der Waals surface area contributed by atoms with Gasteiger partial charge in [0.1, 0.15) is 6.61 Å². The SMILES string of the molecule is O=C(Cl)N1CCN(C(=O)OCc2ccccc2)CC1. The van der Waals surface area contributed by atoms with E-state index in [1.54, 1.807) is 4.90 Å². The molecule has 0 spiro atoms. The van der Waals surface area contributed by atoms with Crippen LogP contribution in [0.3, 0.4) is 0 Å². The zero-order chi connectivity index (χ0) is 13.7. The summed E-state index contributed by atoms with van der Waals surface area (Å²) in [5.41, 5.74) is 0.949. The Labute approximate surface area is 116 Å². The van der Waals surface area contributed by atoms with Crippen LogP contribution < -0.4 is 0 Å². The molecule has 0 radical (unpaired) electrons. The molecule has 19 heavy (non-hydrogen) atoms. The Morgan fingerprint density at radius 2 is 1.63 bits per heavy atom. The van der Waals surface area contributed by atoms with E-state index in [0.717, 1.165) is 5.56 Å². The third-order valence-electron chi connectivity index (χ3n) is 2.99. The van der Waals surface area contributed by atoms with Crippen molar-refractivity contribution in [3.05, 3.63) is 35.9 Å². The van der Waals surface area contributed by atoms with Gasteiger partial charge in [0, 0.05) is 26.2 Å². The minimum absolute atomic E-state index is 0.258. The number of nitrogens with zero attached hydrogens (tertiary/aromatic N) is 2. The fourth-order valence-corrected chi connectivity index (χ4v) is 2.04. The molecular weight excluding hydrogens is 268 g/mol. The summed E-state index contributed by atoms with van der Waals surface area (Å²) in [4.78, 5) is 25.8. The lowest BCUT2D eigenvalue weighted by molar-refractivity contribution is 0.0792. The van der Waals surface area contributed by atoms with E-state index in [1.165, 1.54) is 4.90 Å². The van der Waals surface area contributed by atoms with Gasteiger partial charge in [-0.05, 0) is 17.2 Å². The summed E-state index contributed by atoms with van der Waals surface area (Å²) in [6.07, 6.45) is -0.356. The smallest absolute Gasteiger partial charge is 0.410 e. The molecule has 0 N–H and O–H groups in total. The number of carbonyl (C=O) groups excluding carboxylic acids is 2. The predicted octanol–water partition coefficient (Wildman–Crippen LogP) is 2.30. The van der Waals surface area contributed by atoms with Crippen molar-refractivity contribution in [2.75, 3.05) is 26.2 Å². The van der Waals surface area contributed by atoms with E-state index in [0.29, 0.717) is 26.2 Å². The number of carbonyl (C=O) groups is 2. The summed E-state index contributed by atoms with van der Waals surface area (Å²) in [5.74, 6) is 0. The van der Waals surface area contributed by atoms with Crippen LogP contribution in [0.2, 0.25) is 0 Å². The molecule has 102 valence electrons. The van der Waals surface area contributed by atoms with Crippen LogP contribution in [0.4, 0.5) is 9.59 Å². The van der Waals surface area contributed by atoms with Gasteiger partial charge in [-0.2, -0.15) is 0 Å². The Hall–Kier alpha value is -1.75. The Morgan fingerprint density at radius 1 is 1.05 bits per heavy atom. The molecular formula is C13H15ClN2O3. The third-order valence-corrected chi connectivity index (χ3v) is 3.23. The van der Waals surface area contributed by atoms with E-state index >= 15 is 0 Å². The first-order chi connectivity index (χ1) is 9.16. The lowest BCUT2D eigenvalue weighted by Crippen LogP contribution is -2.49. The quantitative estimate of drug-likeness (QED) is 0.618. The highest BCUT2D eigenvalue weighted by Crippen LogP contribution is 2.08. The molecule has 0 aliphatic carbocycles. The molecule has 1 saturated heterocycles. The van der Waals surface area contributed by atoms with Gasteiger partial charge in [0.25, 0.3) is 0 Å². The van der Waals surface area contributed by atoms with Crippen LogP contribution in [-0.2, 0) is 11.3 Å². The van der Waals surface area contributed by atoms with Crippen molar-refractivity contribution in [1.82, 2.24) is 9.80 Å². The minimum Gasteiger partial charge on any atom is -0.445 e. The predicted molar refractivity (Wildman–Crippen MR) is 71.0 cm³/mol. The Balaban J connectivity index is 1.77. The van der Waals surface area contributed by atoms with Crippen molar-refractivity contribution in [3.8, 4) is 0 Å². The van der Waals surface area contributed by atoms with E-state index in [4.69, 9.17) is 16.3 Å². The fraction of sp³-hybridized carbons (Fsp3) is 0.385. The van der Waals surface area contributed by atoms with Gasteiger partial charge in [0.2, 0.25) is 0 Å². The molecule has 6 heteroatoms. The van der Waals surface area contributed by atoms with Crippen LogP contribution in [0.25, 0.3) is 0 Å². The molecule has 0 saturated carbocycles. The topological polar surface area (TPSA) is 49.9 Å². The van der Waals surface area contributed by atoms with Gasteiger partial charge in [-0.15, -0.1) is 0 Å². The van der Waals surface area contributed by atoms with Crippen LogP contribution in [0, 0.1) is 0 Å². The summed E-state index contributed by atoms with van der Waals surface area (Å²) in [5, 5.41) is -0.475. The molecule has 1 aromatic carbocycles. The lowest BCUT2D eigenvalue weighted by Gasteiger charge is -2.32. The largest absolute Gasteiger partial charge is 0.445 e. The first-order valence-electron chi connectivity index (χ1n) is 6.07. The van der Waals surface area contributed by atoms with Crippen molar-refractivity contribution in [3.63, 3.8) is 0 Å². The number of piperazine rings is 1. The van der Waals surface area contributed by atoms with Crippen LogP contribution >= 0.6 is 11.6 Å². The van der Waals surface area contributed by atoms with Gasteiger partial charge in [-0.25, -0.2) is 4.79 Å². The zero-order valence-corrected chi connectivity index (χ0v) is 11.2. The van der Waals surface area contributed by atoms with Gasteiger partial charge in [0.15, 0.2) is 0 Å². The van der Waals surface area contributed by atoms with E-state index in [9.17, 15) is 9.59 Å². The Kier molecular flexibility index (Phi) is 4.63. The molecule has 1 fully saturated rings. The maximum atomic E-state index is 11.8. The molecule has 2 rings (SSSR count). The Morgan fingerprint density at radius 3 is 2.21 bits per heavy atom. The summed E-state index contributed by atoms with van der Waals surface area (Å²) in [6, 6.07) is 9.50. The van der Waals surface area contributed by atoms with Gasteiger partial charge < -0.3 is 14.5 Å². The number of hydrogen-bond donors (Lipinski definition) is 0. The third kappa shape index (κ3) is 3.86. The van der Waals surface area contributed by atoms with Gasteiger partial charge in [0.05, 0.1) is 0 Å². The lowest BCUT2D eigenvalue weighted by atomic mass is 10.2. The molecule has 1 heterocycles. The highest BCUT2D eigenvalue weighted by Gasteiger charge is 2.23. The maximum absolute atomic E-state index is 11.8. The first-order valence-corrected chi connectivity index (χ1v) is 6.44. The van der Waals surface area contributed by atoms with Gasteiger partial charge in [-0.1, -0.05) is 30.3 Å². The summed E-state index contributed by atoms with van der Waals surface area (Å²) in [6.45, 7) is 2.05. The number of halogens is 1. The number of hydrogen-bond acceptors (Lipinski definition) is 3. The van der Waals surface area contributed by atoms with Crippen LogP contribution in [0.1, 0.15) is 5.56 Å². The van der Waals surface area contributed by atoms with E-state index in [-0.39, 0.29) is 12.7 Å². The molecule has 1 aliphatic rings. The van der Waals surface area contributed by atoms with Crippen molar-refractivity contribution in [2.24, 2.45) is 0 Å².